The van der Waals surface area contributed by atoms with Gasteiger partial charge in [-0.15, -0.1) is 0 Å². The third-order valence-corrected chi connectivity index (χ3v) is 5.49. The van der Waals surface area contributed by atoms with E-state index >= 15 is 0 Å². The Balaban J connectivity index is 1.63. The van der Waals surface area contributed by atoms with Gasteiger partial charge in [0.1, 0.15) is 11.6 Å². The summed E-state index contributed by atoms with van der Waals surface area (Å²) in [6.45, 7) is 0. The molecule has 2 N–H and O–H groups in total. The molecule has 0 aliphatic carbocycles. The predicted octanol–water partition coefficient (Wildman–Crippen LogP) is 2.07. The van der Waals surface area contributed by atoms with Crippen molar-refractivity contribution in [2.75, 3.05) is 22.1 Å². The Morgan fingerprint density at radius 3 is 2.62 bits per heavy atom. The summed E-state index contributed by atoms with van der Waals surface area (Å²) in [5, 5.41) is 5.62. The Bertz CT molecular complexity index is 853. The van der Waals surface area contributed by atoms with Gasteiger partial charge < -0.3 is 10.6 Å². The van der Waals surface area contributed by atoms with Crippen LogP contribution in [-0.2, 0) is 9.84 Å². The molecule has 2 heterocycles. The number of benzene rings is 1. The summed E-state index contributed by atoms with van der Waals surface area (Å²) in [7, 11) is -2.96. The molecule has 2 aromatic rings. The lowest BCUT2D eigenvalue weighted by Crippen LogP contribution is -2.21. The zero-order valence-corrected chi connectivity index (χ0v) is 13.5. The van der Waals surface area contributed by atoms with Crippen LogP contribution in [0.4, 0.5) is 15.9 Å². The summed E-state index contributed by atoms with van der Waals surface area (Å²) in [4.78, 5) is 16.2. The van der Waals surface area contributed by atoms with Crippen molar-refractivity contribution in [1.29, 1.82) is 0 Å². The number of hydrogen-bond acceptors (Lipinski definition) is 5. The third kappa shape index (κ3) is 3.88. The second-order valence-corrected chi connectivity index (χ2v) is 7.84. The number of hydrogen-bond donors (Lipinski definition) is 2. The van der Waals surface area contributed by atoms with E-state index in [-0.39, 0.29) is 23.1 Å². The first-order valence-corrected chi connectivity index (χ1v) is 9.24. The summed E-state index contributed by atoms with van der Waals surface area (Å²) in [5.41, 5.74) is 0.378. The number of pyridine rings is 1. The van der Waals surface area contributed by atoms with Gasteiger partial charge in [0.2, 0.25) is 0 Å². The number of nitrogens with one attached hydrogen (secondary N) is 2. The van der Waals surface area contributed by atoms with E-state index in [0.29, 0.717) is 17.9 Å². The van der Waals surface area contributed by atoms with Crippen LogP contribution in [0.3, 0.4) is 0 Å². The molecule has 0 saturated carbocycles. The van der Waals surface area contributed by atoms with Crippen LogP contribution in [-0.4, -0.2) is 36.9 Å². The second-order valence-electron chi connectivity index (χ2n) is 5.61. The SMILES string of the molecule is O=C(Nc1ccc(NC2CCS(=O)(=O)C2)nc1)c1ccccc1F. The first-order chi connectivity index (χ1) is 11.4. The zero-order chi connectivity index (χ0) is 17.2. The average Bonchev–Trinajstić information content (AvgIpc) is 2.88. The predicted molar refractivity (Wildman–Crippen MR) is 89.3 cm³/mol. The Morgan fingerprint density at radius 2 is 2.00 bits per heavy atom. The lowest BCUT2D eigenvalue weighted by molar-refractivity contribution is 0.102. The van der Waals surface area contributed by atoms with Gasteiger partial charge in [0, 0.05) is 6.04 Å². The Kier molecular flexibility index (Phi) is 4.48. The number of carbonyl (C=O) groups excluding carboxylic acids is 1. The van der Waals surface area contributed by atoms with Crippen LogP contribution >= 0.6 is 0 Å². The molecule has 0 spiro atoms. The number of nitrogens with zero attached hydrogens (tertiary/aromatic N) is 1. The maximum Gasteiger partial charge on any atom is 0.258 e. The van der Waals surface area contributed by atoms with Gasteiger partial charge in [-0.3, -0.25) is 4.79 Å². The zero-order valence-electron chi connectivity index (χ0n) is 12.7. The fourth-order valence-electron chi connectivity index (χ4n) is 2.51. The highest BCUT2D eigenvalue weighted by molar-refractivity contribution is 7.91. The van der Waals surface area contributed by atoms with Crippen molar-refractivity contribution in [1.82, 2.24) is 4.98 Å². The first-order valence-electron chi connectivity index (χ1n) is 7.42. The summed E-state index contributed by atoms with van der Waals surface area (Å²) >= 11 is 0. The molecular formula is C16H16FN3O3S. The van der Waals surface area contributed by atoms with E-state index in [4.69, 9.17) is 0 Å². The van der Waals surface area contributed by atoms with E-state index < -0.39 is 21.6 Å². The summed E-state index contributed by atoms with van der Waals surface area (Å²) in [6.07, 6.45) is 1.99. The van der Waals surface area contributed by atoms with E-state index in [2.05, 4.69) is 15.6 Å². The van der Waals surface area contributed by atoms with Crippen molar-refractivity contribution in [2.45, 2.75) is 12.5 Å². The molecule has 1 aliphatic heterocycles. The molecule has 6 nitrogen and oxygen atoms in total. The van der Waals surface area contributed by atoms with Crippen LogP contribution in [0, 0.1) is 5.82 Å². The van der Waals surface area contributed by atoms with Crippen LogP contribution in [0.2, 0.25) is 0 Å². The highest BCUT2D eigenvalue weighted by Gasteiger charge is 2.27. The standard InChI is InChI=1S/C16H16FN3O3S/c17-14-4-2-1-3-13(14)16(21)20-11-5-6-15(18-9-11)19-12-7-8-24(22,23)10-12/h1-6,9,12H,7-8,10H2,(H,18,19)(H,20,21). The Morgan fingerprint density at radius 1 is 1.21 bits per heavy atom. The quantitative estimate of drug-likeness (QED) is 0.882. The molecule has 24 heavy (non-hydrogen) atoms. The van der Waals surface area contributed by atoms with Crippen molar-refractivity contribution in [3.05, 3.63) is 54.0 Å². The minimum absolute atomic E-state index is 0.0455. The van der Waals surface area contributed by atoms with Crippen LogP contribution < -0.4 is 10.6 Å². The van der Waals surface area contributed by atoms with Gasteiger partial charge in [-0.05, 0) is 30.7 Å². The smallest absolute Gasteiger partial charge is 0.258 e. The molecule has 1 aromatic heterocycles. The minimum atomic E-state index is -2.96. The number of amides is 1. The van der Waals surface area contributed by atoms with Crippen LogP contribution in [0.5, 0.6) is 0 Å². The average molecular weight is 349 g/mol. The number of rotatable bonds is 4. The molecule has 8 heteroatoms. The van der Waals surface area contributed by atoms with Crippen molar-refractivity contribution < 1.29 is 17.6 Å². The largest absolute Gasteiger partial charge is 0.366 e. The molecule has 1 aromatic carbocycles. The molecule has 1 aliphatic rings. The van der Waals surface area contributed by atoms with E-state index in [1.54, 1.807) is 18.2 Å². The monoisotopic (exact) mass is 349 g/mol. The van der Waals surface area contributed by atoms with Crippen molar-refractivity contribution in [2.24, 2.45) is 0 Å². The maximum atomic E-state index is 13.6. The highest BCUT2D eigenvalue weighted by atomic mass is 32.2. The topological polar surface area (TPSA) is 88.2 Å². The van der Waals surface area contributed by atoms with Gasteiger partial charge >= 0.3 is 0 Å². The molecule has 1 fully saturated rings. The number of halogens is 1. The molecule has 1 atom stereocenters. The van der Waals surface area contributed by atoms with Gasteiger partial charge in [-0.2, -0.15) is 0 Å². The molecule has 0 radical (unpaired) electrons. The fourth-order valence-corrected chi connectivity index (χ4v) is 4.19. The molecule has 0 bridgehead atoms. The van der Waals surface area contributed by atoms with Crippen LogP contribution in [0.1, 0.15) is 16.8 Å². The van der Waals surface area contributed by atoms with Gasteiger partial charge in [-0.25, -0.2) is 17.8 Å². The Labute approximate surface area is 139 Å². The lowest BCUT2D eigenvalue weighted by Gasteiger charge is -2.12. The van der Waals surface area contributed by atoms with Gasteiger partial charge in [0.15, 0.2) is 9.84 Å². The first kappa shape index (κ1) is 16.4. The second kappa shape index (κ2) is 6.56. The van der Waals surface area contributed by atoms with Crippen molar-refractivity contribution in [3.63, 3.8) is 0 Å². The molecular weight excluding hydrogens is 333 g/mol. The van der Waals surface area contributed by atoms with E-state index in [1.807, 2.05) is 0 Å². The van der Waals surface area contributed by atoms with Crippen LogP contribution in [0.15, 0.2) is 42.6 Å². The third-order valence-electron chi connectivity index (χ3n) is 3.72. The van der Waals surface area contributed by atoms with Crippen molar-refractivity contribution >= 4 is 27.2 Å². The molecule has 1 amide bonds. The number of carbonyl (C=O) groups is 1. The minimum Gasteiger partial charge on any atom is -0.366 e. The van der Waals surface area contributed by atoms with Gasteiger partial charge in [0.05, 0.1) is 29.0 Å². The molecule has 1 saturated heterocycles. The Hall–Kier alpha value is -2.48. The van der Waals surface area contributed by atoms with Gasteiger partial charge in [-0.1, -0.05) is 12.1 Å². The van der Waals surface area contributed by atoms with E-state index in [1.165, 1.54) is 24.4 Å². The molecule has 3 rings (SSSR count). The highest BCUT2D eigenvalue weighted by Crippen LogP contribution is 2.18. The van der Waals surface area contributed by atoms with Gasteiger partial charge in [0.25, 0.3) is 5.91 Å². The summed E-state index contributed by atoms with van der Waals surface area (Å²) in [5.74, 6) is -0.343. The lowest BCUT2D eigenvalue weighted by atomic mass is 10.2. The van der Waals surface area contributed by atoms with Crippen LogP contribution in [0.25, 0.3) is 0 Å². The van der Waals surface area contributed by atoms with E-state index in [9.17, 15) is 17.6 Å². The summed E-state index contributed by atoms with van der Waals surface area (Å²) < 4.78 is 36.4. The molecule has 126 valence electrons. The van der Waals surface area contributed by atoms with E-state index in [0.717, 1.165) is 0 Å². The maximum absolute atomic E-state index is 13.6. The fraction of sp³-hybridized carbons (Fsp3) is 0.250. The number of aromatic nitrogens is 1. The van der Waals surface area contributed by atoms with Crippen molar-refractivity contribution in [3.8, 4) is 0 Å². The normalized spacial score (nSPS) is 19.0. The molecule has 1 unspecified atom stereocenters. The summed E-state index contributed by atoms with van der Waals surface area (Å²) in [6, 6.07) is 8.82. The number of sulfone groups is 1. The number of anilines is 2.